The first kappa shape index (κ1) is 57.3. The maximum Gasteiger partial charge on any atom is 0.472 e. The molecule has 356 valence electrons. The first-order valence-electron chi connectivity index (χ1n) is 22.8. The van der Waals surface area contributed by atoms with Crippen molar-refractivity contribution in [2.75, 3.05) is 13.2 Å². The van der Waals surface area contributed by atoms with Gasteiger partial charge >= 0.3 is 19.8 Å². The molecule has 15 heteroatoms. The van der Waals surface area contributed by atoms with E-state index in [9.17, 15) is 49.7 Å². The molecule has 0 aromatic rings. The molecule has 0 amide bonds. The summed E-state index contributed by atoms with van der Waals surface area (Å²) in [6.07, 6.45) is 28.3. The SMILES string of the molecule is CCCCC/C=C\C/C=C\C/C=C\C=C\[C@H](O)CCCC(=O)O[C@H](COC(=O)CCCCCCC/C=C\C/C=C\CCCCC)COP(=O)(O)OC1[C@H](O)[C@H](O)C(O)[C@H](O)[C@H]1O. The van der Waals surface area contributed by atoms with E-state index in [0.29, 0.717) is 6.42 Å². The van der Waals surface area contributed by atoms with E-state index in [-0.39, 0.29) is 25.7 Å². The molecule has 1 aliphatic carbocycles. The second-order valence-electron chi connectivity index (χ2n) is 15.7. The van der Waals surface area contributed by atoms with Crippen LogP contribution >= 0.6 is 7.82 Å². The van der Waals surface area contributed by atoms with Gasteiger partial charge in [0, 0.05) is 12.8 Å². The Labute approximate surface area is 370 Å². The van der Waals surface area contributed by atoms with Crippen molar-refractivity contribution < 1.29 is 68.2 Å². The molecule has 9 atom stereocenters. The molecule has 1 aliphatic rings. The lowest BCUT2D eigenvalue weighted by molar-refractivity contribution is -0.220. The standard InChI is InChI=1S/C47H79O14P/c1-3-5-7-9-11-13-15-17-18-20-22-24-26-28-30-34-40(49)58-36-39(37-59-62(56,57)61-47-45(54)43(52)42(51)44(53)46(47)55)60-41(50)35-31-33-38(48)32-29-27-25-23-21-19-16-14-12-10-8-6-4-2/h11-14,17-19,21,25,27,29,32,38-39,42-48,51-55H,3-10,15-16,20,22-24,26,28,30-31,33-37H2,1-2H3,(H,56,57)/b13-11-,14-12-,18-17-,21-19-,27-25-,32-29+/t38-,39+,42?,43-,44+,45+,46+,47?/m0/s1. The Kier molecular flexibility index (Phi) is 33.8. The van der Waals surface area contributed by atoms with Gasteiger partial charge in [-0.1, -0.05) is 132 Å². The van der Waals surface area contributed by atoms with E-state index in [2.05, 4.69) is 62.5 Å². The first-order valence-corrected chi connectivity index (χ1v) is 24.3. The number of hydrogen-bond acceptors (Lipinski definition) is 13. The van der Waals surface area contributed by atoms with Gasteiger partial charge in [-0.05, 0) is 77.0 Å². The van der Waals surface area contributed by atoms with Crippen LogP contribution < -0.4 is 0 Å². The number of carbonyl (C=O) groups is 2. The zero-order valence-corrected chi connectivity index (χ0v) is 38.1. The average Bonchev–Trinajstić information content (AvgIpc) is 3.25. The van der Waals surface area contributed by atoms with E-state index in [0.717, 1.165) is 64.2 Å². The van der Waals surface area contributed by atoms with E-state index in [4.69, 9.17) is 18.5 Å². The molecule has 14 nitrogen and oxygen atoms in total. The van der Waals surface area contributed by atoms with E-state index < -0.39 is 81.8 Å². The van der Waals surface area contributed by atoms with E-state index in [1.54, 1.807) is 12.2 Å². The van der Waals surface area contributed by atoms with E-state index in [1.807, 2.05) is 12.2 Å². The number of phosphoric ester groups is 1. The average molecular weight is 899 g/mol. The van der Waals surface area contributed by atoms with Crippen molar-refractivity contribution in [2.45, 2.75) is 198 Å². The largest absolute Gasteiger partial charge is 0.472 e. The van der Waals surface area contributed by atoms with Gasteiger partial charge in [0.25, 0.3) is 0 Å². The molecule has 0 radical (unpaired) electrons. The molecular formula is C47H79O14P. The molecule has 0 aromatic heterocycles. The number of allylic oxidation sites excluding steroid dienone is 11. The molecule has 1 rings (SSSR count). The summed E-state index contributed by atoms with van der Waals surface area (Å²) >= 11 is 0. The van der Waals surface area contributed by atoms with Crippen LogP contribution in [0.2, 0.25) is 0 Å². The second kappa shape index (κ2) is 36.6. The van der Waals surface area contributed by atoms with Crippen LogP contribution in [0.1, 0.15) is 149 Å². The third kappa shape index (κ3) is 28.8. The second-order valence-corrected chi connectivity index (χ2v) is 17.2. The number of hydrogen-bond donors (Lipinski definition) is 7. The number of esters is 2. The molecule has 0 aliphatic heterocycles. The Balaban J connectivity index is 2.58. The van der Waals surface area contributed by atoms with Crippen molar-refractivity contribution in [1.29, 1.82) is 0 Å². The van der Waals surface area contributed by atoms with Gasteiger partial charge in [0.1, 0.15) is 43.2 Å². The lowest BCUT2D eigenvalue weighted by Gasteiger charge is -2.41. The summed E-state index contributed by atoms with van der Waals surface area (Å²) in [7, 11) is -5.18. The Hall–Kier alpha value is -2.75. The third-order valence-corrected chi connectivity index (χ3v) is 11.1. The van der Waals surface area contributed by atoms with E-state index in [1.165, 1.54) is 38.5 Å². The summed E-state index contributed by atoms with van der Waals surface area (Å²) in [6, 6.07) is 0. The fourth-order valence-corrected chi connectivity index (χ4v) is 7.33. The Bertz CT molecular complexity index is 1380. The van der Waals surface area contributed by atoms with Crippen LogP contribution in [-0.2, 0) is 32.7 Å². The molecule has 1 saturated carbocycles. The number of phosphoric acid groups is 1. The van der Waals surface area contributed by atoms with Gasteiger partial charge in [-0.25, -0.2) is 4.57 Å². The highest BCUT2D eigenvalue weighted by Crippen LogP contribution is 2.47. The molecule has 0 aromatic carbocycles. The molecule has 0 saturated heterocycles. The van der Waals surface area contributed by atoms with Crippen LogP contribution in [-0.4, -0.2) is 110 Å². The molecule has 0 bridgehead atoms. The summed E-state index contributed by atoms with van der Waals surface area (Å²) in [5, 5.41) is 60.5. The predicted molar refractivity (Wildman–Crippen MR) is 241 cm³/mol. The minimum atomic E-state index is -5.18. The van der Waals surface area contributed by atoms with Crippen molar-refractivity contribution >= 4 is 19.8 Å². The van der Waals surface area contributed by atoms with Gasteiger partial charge in [0.15, 0.2) is 6.10 Å². The van der Waals surface area contributed by atoms with Crippen molar-refractivity contribution in [3.05, 3.63) is 72.9 Å². The van der Waals surface area contributed by atoms with E-state index >= 15 is 0 Å². The maximum atomic E-state index is 12.8. The molecule has 0 heterocycles. The summed E-state index contributed by atoms with van der Waals surface area (Å²) in [5.74, 6) is -1.32. The monoisotopic (exact) mass is 899 g/mol. The number of ether oxygens (including phenoxy) is 2. The maximum absolute atomic E-state index is 12.8. The summed E-state index contributed by atoms with van der Waals surface area (Å²) in [6.45, 7) is 3.05. The molecule has 3 unspecified atom stereocenters. The molecular weight excluding hydrogens is 819 g/mol. The van der Waals surface area contributed by atoms with Gasteiger partial charge in [-0.15, -0.1) is 0 Å². The first-order chi connectivity index (χ1) is 29.8. The highest BCUT2D eigenvalue weighted by Gasteiger charge is 2.51. The van der Waals surface area contributed by atoms with Crippen molar-refractivity contribution in [3.8, 4) is 0 Å². The minimum absolute atomic E-state index is 0.107. The fourth-order valence-electron chi connectivity index (χ4n) is 6.36. The quantitative estimate of drug-likeness (QED) is 0.0105. The van der Waals surface area contributed by atoms with Crippen LogP contribution in [0, 0.1) is 0 Å². The minimum Gasteiger partial charge on any atom is -0.462 e. The summed E-state index contributed by atoms with van der Waals surface area (Å²) < 4.78 is 33.3. The topological polar surface area (TPSA) is 230 Å². The fraction of sp³-hybridized carbons (Fsp3) is 0.702. The third-order valence-electron chi connectivity index (χ3n) is 10.1. The van der Waals surface area contributed by atoms with Gasteiger partial charge in [-0.2, -0.15) is 0 Å². The smallest absolute Gasteiger partial charge is 0.462 e. The van der Waals surface area contributed by atoms with Crippen LogP contribution in [0.15, 0.2) is 72.9 Å². The zero-order valence-electron chi connectivity index (χ0n) is 37.2. The normalized spacial score (nSPS) is 23.0. The lowest BCUT2D eigenvalue weighted by Crippen LogP contribution is -2.64. The predicted octanol–water partition coefficient (Wildman–Crippen LogP) is 7.69. The number of aliphatic hydroxyl groups excluding tert-OH is 6. The summed E-state index contributed by atoms with van der Waals surface area (Å²) in [5.41, 5.74) is 0. The zero-order chi connectivity index (χ0) is 45.9. The Morgan fingerprint density at radius 2 is 1.06 bits per heavy atom. The van der Waals surface area contributed by atoms with Gasteiger partial charge in [-0.3, -0.25) is 18.6 Å². The molecule has 62 heavy (non-hydrogen) atoms. The number of rotatable bonds is 36. The van der Waals surface area contributed by atoms with Crippen molar-refractivity contribution in [1.82, 2.24) is 0 Å². The van der Waals surface area contributed by atoms with Crippen LogP contribution in [0.5, 0.6) is 0 Å². The number of unbranched alkanes of at least 4 members (excludes halogenated alkanes) is 11. The highest BCUT2D eigenvalue weighted by molar-refractivity contribution is 7.47. The Morgan fingerprint density at radius 1 is 0.581 bits per heavy atom. The molecule has 1 fully saturated rings. The van der Waals surface area contributed by atoms with Gasteiger partial charge in [0.05, 0.1) is 12.7 Å². The van der Waals surface area contributed by atoms with Crippen molar-refractivity contribution in [3.63, 3.8) is 0 Å². The molecule has 0 spiro atoms. The van der Waals surface area contributed by atoms with Gasteiger partial charge < -0.3 is 45.0 Å². The number of aliphatic hydroxyl groups is 6. The molecule has 7 N–H and O–H groups in total. The van der Waals surface area contributed by atoms with Gasteiger partial charge in [0.2, 0.25) is 0 Å². The Morgan fingerprint density at radius 3 is 1.65 bits per heavy atom. The van der Waals surface area contributed by atoms with Crippen LogP contribution in [0.4, 0.5) is 0 Å². The lowest BCUT2D eigenvalue weighted by atomic mass is 9.85. The van der Waals surface area contributed by atoms with Crippen LogP contribution in [0.3, 0.4) is 0 Å². The summed E-state index contributed by atoms with van der Waals surface area (Å²) in [4.78, 5) is 35.7. The highest BCUT2D eigenvalue weighted by atomic mass is 31.2. The van der Waals surface area contributed by atoms with Crippen molar-refractivity contribution in [2.24, 2.45) is 0 Å². The van der Waals surface area contributed by atoms with Crippen LogP contribution in [0.25, 0.3) is 0 Å². The number of carbonyl (C=O) groups excluding carboxylic acids is 2.